The second-order valence-electron chi connectivity index (χ2n) is 12.2. The number of aliphatic imine (C=N–C) groups is 1. The number of fused-ring (bicyclic) bond motifs is 1. The molecular formula is C33H46N2OP2. The molecule has 2 aliphatic rings. The summed E-state index contributed by atoms with van der Waals surface area (Å²) >= 11 is 0. The van der Waals surface area contributed by atoms with Crippen molar-refractivity contribution in [1.82, 2.24) is 0 Å². The van der Waals surface area contributed by atoms with E-state index in [9.17, 15) is 4.79 Å². The molecule has 2 aromatic carbocycles. The van der Waals surface area contributed by atoms with E-state index < -0.39 is 15.4 Å². The van der Waals surface area contributed by atoms with Gasteiger partial charge in [-0.15, -0.1) is 0 Å². The Kier molecular flexibility index (Phi) is 9.01. The van der Waals surface area contributed by atoms with Crippen LogP contribution in [0.15, 0.2) is 52.5 Å². The van der Waals surface area contributed by atoms with E-state index in [0.29, 0.717) is 29.2 Å². The first-order valence-electron chi connectivity index (χ1n) is 14.3. The summed E-state index contributed by atoms with van der Waals surface area (Å²) in [7, 11) is -1.34. The Morgan fingerprint density at radius 2 is 1.21 bits per heavy atom. The van der Waals surface area contributed by atoms with Crippen LogP contribution in [0.1, 0.15) is 115 Å². The SMILES string of the molecule is CC1=C(C)CP2N(c3c(C(C)C)cccc3C(C)C)C(C=Nc3c(C(C)C)cccc3C(C)C)C(=O)P2C1. The third-order valence-electron chi connectivity index (χ3n) is 8.05. The zero-order valence-corrected chi connectivity index (χ0v) is 26.8. The Labute approximate surface area is 233 Å². The van der Waals surface area contributed by atoms with Crippen LogP contribution in [0.2, 0.25) is 0 Å². The predicted molar refractivity (Wildman–Crippen MR) is 171 cm³/mol. The van der Waals surface area contributed by atoms with Gasteiger partial charge in [-0.25, -0.2) is 0 Å². The van der Waals surface area contributed by atoms with E-state index in [4.69, 9.17) is 4.99 Å². The van der Waals surface area contributed by atoms with Crippen LogP contribution >= 0.6 is 15.4 Å². The van der Waals surface area contributed by atoms with Crippen molar-refractivity contribution in [2.24, 2.45) is 4.99 Å². The first-order valence-corrected chi connectivity index (χ1v) is 18.0. The Bertz CT molecular complexity index is 1210. The molecular weight excluding hydrogens is 502 g/mol. The van der Waals surface area contributed by atoms with Gasteiger partial charge in [-0.2, -0.15) is 0 Å². The molecule has 0 spiro atoms. The van der Waals surface area contributed by atoms with E-state index in [0.717, 1.165) is 18.0 Å². The van der Waals surface area contributed by atoms with Gasteiger partial charge in [-0.05, 0) is 59.8 Å². The molecule has 3 unspecified atom stereocenters. The number of rotatable bonds is 7. The molecule has 0 bridgehead atoms. The maximum absolute atomic E-state index is 14.3. The van der Waals surface area contributed by atoms with Crippen molar-refractivity contribution in [3.05, 3.63) is 69.8 Å². The van der Waals surface area contributed by atoms with Gasteiger partial charge >= 0.3 is 0 Å². The van der Waals surface area contributed by atoms with E-state index >= 15 is 0 Å². The highest BCUT2D eigenvalue weighted by Gasteiger charge is 2.50. The first-order chi connectivity index (χ1) is 17.9. The normalized spacial score (nSPS) is 22.2. The maximum atomic E-state index is 14.3. The Hall–Kier alpha value is -1.82. The zero-order valence-electron chi connectivity index (χ0n) is 25.0. The van der Waals surface area contributed by atoms with Gasteiger partial charge in [-0.3, -0.25) is 9.79 Å². The summed E-state index contributed by atoms with van der Waals surface area (Å²) in [5.41, 5.74) is 10.9. The lowest BCUT2D eigenvalue weighted by atomic mass is 9.92. The average molecular weight is 549 g/mol. The fraction of sp³-hybridized carbons (Fsp3) is 0.515. The standard InChI is InChI=1S/C33H46N2OP2/c1-20(2)26-13-11-14-27(21(3)4)31(26)34-17-30-33(36)37-18-24(9)25(10)19-38(37)35(30)32-28(22(5)6)15-12-16-29(32)23(7)8/h11-17,20-23,30H,18-19H2,1-10H3. The van der Waals surface area contributed by atoms with Gasteiger partial charge in [0.2, 0.25) is 0 Å². The molecule has 0 aromatic heterocycles. The van der Waals surface area contributed by atoms with Crippen molar-refractivity contribution in [3.8, 4) is 0 Å². The van der Waals surface area contributed by atoms with Crippen molar-refractivity contribution in [2.45, 2.75) is 99.0 Å². The lowest BCUT2D eigenvalue weighted by Crippen LogP contribution is -2.33. The third kappa shape index (κ3) is 5.44. The lowest BCUT2D eigenvalue weighted by Gasteiger charge is -2.38. The molecule has 204 valence electrons. The molecule has 1 fully saturated rings. The molecule has 1 saturated heterocycles. The molecule has 0 radical (unpaired) electrons. The van der Waals surface area contributed by atoms with E-state index in [1.165, 1.54) is 39.1 Å². The number of para-hydroxylation sites is 2. The monoisotopic (exact) mass is 548 g/mol. The molecule has 38 heavy (non-hydrogen) atoms. The number of hydrogen-bond donors (Lipinski definition) is 0. The molecule has 2 aliphatic heterocycles. The summed E-state index contributed by atoms with van der Waals surface area (Å²) in [6.07, 6.45) is 4.02. The van der Waals surface area contributed by atoms with E-state index in [-0.39, 0.29) is 6.04 Å². The number of carbonyl (C=O) groups is 1. The van der Waals surface area contributed by atoms with E-state index in [1.54, 1.807) is 0 Å². The molecule has 5 heteroatoms. The van der Waals surface area contributed by atoms with Crippen molar-refractivity contribution in [1.29, 1.82) is 0 Å². The Balaban J connectivity index is 1.92. The number of anilines is 1. The van der Waals surface area contributed by atoms with Crippen molar-refractivity contribution in [2.75, 3.05) is 17.0 Å². The van der Waals surface area contributed by atoms with Crippen LogP contribution in [-0.4, -0.2) is 30.1 Å². The van der Waals surface area contributed by atoms with Crippen LogP contribution in [0, 0.1) is 0 Å². The highest BCUT2D eigenvalue weighted by atomic mass is 32.1. The van der Waals surface area contributed by atoms with Crippen LogP contribution < -0.4 is 4.67 Å². The van der Waals surface area contributed by atoms with Gasteiger partial charge in [0.05, 0.1) is 5.69 Å². The topological polar surface area (TPSA) is 32.7 Å². The quantitative estimate of drug-likeness (QED) is 0.196. The summed E-state index contributed by atoms with van der Waals surface area (Å²) in [5, 5.41) is 0. The van der Waals surface area contributed by atoms with Crippen molar-refractivity contribution in [3.63, 3.8) is 0 Å². The lowest BCUT2D eigenvalue weighted by molar-refractivity contribution is -0.110. The van der Waals surface area contributed by atoms with Crippen LogP contribution in [0.5, 0.6) is 0 Å². The Morgan fingerprint density at radius 3 is 1.68 bits per heavy atom. The summed E-state index contributed by atoms with van der Waals surface area (Å²) < 4.78 is 2.58. The molecule has 0 aliphatic carbocycles. The average Bonchev–Trinajstić information content (AvgIpc) is 3.11. The maximum Gasteiger partial charge on any atom is 0.188 e. The highest BCUT2D eigenvalue weighted by Crippen LogP contribution is 2.80. The van der Waals surface area contributed by atoms with Crippen LogP contribution in [0.4, 0.5) is 11.4 Å². The summed E-state index contributed by atoms with van der Waals surface area (Å²) in [6.45, 7) is 22.6. The van der Waals surface area contributed by atoms with Crippen LogP contribution in [0.25, 0.3) is 0 Å². The minimum absolute atomic E-state index is 0.302. The summed E-state index contributed by atoms with van der Waals surface area (Å²) in [5.74, 6) is 1.51. The van der Waals surface area contributed by atoms with E-state index in [2.05, 4.69) is 110 Å². The smallest absolute Gasteiger partial charge is 0.188 e. The zero-order chi connectivity index (χ0) is 27.9. The molecule has 3 nitrogen and oxygen atoms in total. The van der Waals surface area contributed by atoms with Crippen LogP contribution in [-0.2, 0) is 4.79 Å². The number of allylic oxidation sites excluding steroid dienone is 2. The summed E-state index contributed by atoms with van der Waals surface area (Å²) in [4.78, 5) is 19.5. The highest BCUT2D eigenvalue weighted by molar-refractivity contribution is 8.38. The fourth-order valence-corrected chi connectivity index (χ4v) is 14.2. The predicted octanol–water partition coefficient (Wildman–Crippen LogP) is 10.4. The number of nitrogens with zero attached hydrogens (tertiary/aromatic N) is 2. The molecule has 0 saturated carbocycles. The number of hydrogen-bond acceptors (Lipinski definition) is 3. The molecule has 4 rings (SSSR count). The van der Waals surface area contributed by atoms with Gasteiger partial charge in [-0.1, -0.05) is 103 Å². The molecule has 3 atom stereocenters. The largest absolute Gasteiger partial charge is 0.330 e. The fourth-order valence-electron chi connectivity index (χ4n) is 5.62. The van der Waals surface area contributed by atoms with Gasteiger partial charge in [0, 0.05) is 39.6 Å². The van der Waals surface area contributed by atoms with Gasteiger partial charge in [0.15, 0.2) is 5.52 Å². The van der Waals surface area contributed by atoms with E-state index in [1.807, 2.05) is 6.21 Å². The number of benzene rings is 2. The van der Waals surface area contributed by atoms with Crippen LogP contribution in [0.3, 0.4) is 0 Å². The first kappa shape index (κ1) is 29.2. The molecule has 0 amide bonds. The van der Waals surface area contributed by atoms with Gasteiger partial charge < -0.3 is 4.67 Å². The van der Waals surface area contributed by atoms with Gasteiger partial charge in [0.25, 0.3) is 0 Å². The molecule has 2 heterocycles. The number of carbonyl (C=O) groups excluding carboxylic acids is 1. The van der Waals surface area contributed by atoms with Crippen molar-refractivity contribution >= 4 is 38.5 Å². The minimum Gasteiger partial charge on any atom is -0.330 e. The second-order valence-corrected chi connectivity index (χ2v) is 18.1. The van der Waals surface area contributed by atoms with Gasteiger partial charge in [0.1, 0.15) is 6.04 Å². The van der Waals surface area contributed by atoms with Crippen molar-refractivity contribution < 1.29 is 4.79 Å². The Morgan fingerprint density at radius 1 is 0.763 bits per heavy atom. The third-order valence-corrected chi connectivity index (χ3v) is 15.5. The second kappa shape index (κ2) is 11.7. The molecule has 0 N–H and O–H groups in total. The molecule has 2 aromatic rings. The summed E-state index contributed by atoms with van der Waals surface area (Å²) in [6, 6.07) is 13.0. The minimum atomic E-state index is -0.730.